The van der Waals surface area contributed by atoms with Gasteiger partial charge in [0, 0.05) is 5.69 Å². The molecule has 16 heavy (non-hydrogen) atoms. The lowest BCUT2D eigenvalue weighted by Crippen LogP contribution is -2.01. The average molecular weight is 214 g/mol. The van der Waals surface area contributed by atoms with Crippen LogP contribution in [0.3, 0.4) is 0 Å². The number of hydrogen-bond acceptors (Lipinski definition) is 1. The zero-order valence-corrected chi connectivity index (χ0v) is 10.2. The third kappa shape index (κ3) is 2.01. The highest BCUT2D eigenvalue weighted by molar-refractivity contribution is 5.36. The topological polar surface area (TPSA) is 17.8 Å². The summed E-state index contributed by atoms with van der Waals surface area (Å²) < 4.78 is 2.06. The molecule has 2 heteroatoms. The van der Waals surface area contributed by atoms with Crippen molar-refractivity contribution < 1.29 is 0 Å². The van der Waals surface area contributed by atoms with E-state index in [-0.39, 0.29) is 0 Å². The molecule has 1 aromatic heterocycles. The fourth-order valence-corrected chi connectivity index (χ4v) is 1.88. The molecule has 84 valence electrons. The van der Waals surface area contributed by atoms with Crippen LogP contribution in [-0.2, 0) is 12.8 Å². The molecule has 2 aromatic rings. The molecule has 2 rings (SSSR count). The zero-order valence-electron chi connectivity index (χ0n) is 10.2. The quantitative estimate of drug-likeness (QED) is 0.766. The fourth-order valence-electron chi connectivity index (χ4n) is 1.88. The number of benzene rings is 1. The van der Waals surface area contributed by atoms with Crippen LogP contribution >= 0.6 is 0 Å². The van der Waals surface area contributed by atoms with Gasteiger partial charge in [-0.1, -0.05) is 26.0 Å². The molecule has 0 N–H and O–H groups in total. The number of rotatable bonds is 3. The Hall–Kier alpha value is -1.57. The third-order valence-corrected chi connectivity index (χ3v) is 2.80. The molecular weight excluding hydrogens is 196 g/mol. The van der Waals surface area contributed by atoms with Gasteiger partial charge in [-0.15, -0.1) is 0 Å². The van der Waals surface area contributed by atoms with E-state index in [0.29, 0.717) is 0 Å². The second-order valence-electron chi connectivity index (χ2n) is 4.08. The first-order valence-electron chi connectivity index (χ1n) is 5.89. The predicted molar refractivity (Wildman–Crippen MR) is 67.1 cm³/mol. The van der Waals surface area contributed by atoms with Crippen LogP contribution in [0, 0.1) is 6.92 Å². The Bertz CT molecular complexity index is 483. The fraction of sp³-hybridized carbons (Fsp3) is 0.357. The van der Waals surface area contributed by atoms with Gasteiger partial charge < -0.3 is 0 Å². The molecule has 2 nitrogen and oxygen atoms in total. The molecule has 0 unspecified atom stereocenters. The molecule has 0 atom stereocenters. The van der Waals surface area contributed by atoms with Gasteiger partial charge in [0.25, 0.3) is 0 Å². The van der Waals surface area contributed by atoms with E-state index in [4.69, 9.17) is 0 Å². The van der Waals surface area contributed by atoms with Crippen molar-refractivity contribution in [3.8, 4) is 5.69 Å². The van der Waals surface area contributed by atoms with Crippen LogP contribution in [0.5, 0.6) is 0 Å². The molecule has 0 aliphatic carbocycles. The standard InChI is InChI=1S/C14H18N2/c1-4-12-10-13(5-2)16(15-12)14-8-6-7-11(3)9-14/h6-10H,4-5H2,1-3H3. The van der Waals surface area contributed by atoms with Crippen LogP contribution in [0.25, 0.3) is 5.69 Å². The summed E-state index contributed by atoms with van der Waals surface area (Å²) in [5, 5.41) is 4.63. The monoisotopic (exact) mass is 214 g/mol. The van der Waals surface area contributed by atoms with Crippen molar-refractivity contribution in [1.29, 1.82) is 0 Å². The lowest BCUT2D eigenvalue weighted by atomic mass is 10.2. The molecule has 0 radical (unpaired) electrons. The molecule has 0 saturated heterocycles. The van der Waals surface area contributed by atoms with Gasteiger partial charge >= 0.3 is 0 Å². The minimum atomic E-state index is 0.992. The van der Waals surface area contributed by atoms with Gasteiger partial charge in [0.05, 0.1) is 11.4 Å². The Kier molecular flexibility index (Phi) is 3.09. The predicted octanol–water partition coefficient (Wildman–Crippen LogP) is 3.31. The smallest absolute Gasteiger partial charge is 0.0651 e. The third-order valence-electron chi connectivity index (χ3n) is 2.80. The van der Waals surface area contributed by atoms with Crippen molar-refractivity contribution in [2.24, 2.45) is 0 Å². The molecule has 0 aliphatic heterocycles. The number of aryl methyl sites for hydroxylation is 3. The Labute approximate surface area is 96.9 Å². The maximum Gasteiger partial charge on any atom is 0.0651 e. The first-order valence-corrected chi connectivity index (χ1v) is 5.89. The van der Waals surface area contributed by atoms with E-state index in [0.717, 1.165) is 18.5 Å². The highest BCUT2D eigenvalue weighted by atomic mass is 15.3. The van der Waals surface area contributed by atoms with Gasteiger partial charge in [0.2, 0.25) is 0 Å². The van der Waals surface area contributed by atoms with Crippen molar-refractivity contribution in [2.75, 3.05) is 0 Å². The van der Waals surface area contributed by atoms with Gasteiger partial charge in [-0.2, -0.15) is 5.10 Å². The molecule has 0 aliphatic rings. The molecular formula is C14H18N2. The van der Waals surface area contributed by atoms with Gasteiger partial charge in [-0.25, -0.2) is 4.68 Å². The summed E-state index contributed by atoms with van der Waals surface area (Å²) in [5.74, 6) is 0. The molecule has 0 spiro atoms. The van der Waals surface area contributed by atoms with Crippen LogP contribution < -0.4 is 0 Å². The number of aromatic nitrogens is 2. The summed E-state index contributed by atoms with van der Waals surface area (Å²) in [6, 6.07) is 10.7. The van der Waals surface area contributed by atoms with E-state index < -0.39 is 0 Å². The molecule has 0 amide bonds. The van der Waals surface area contributed by atoms with Gasteiger partial charge in [-0.3, -0.25) is 0 Å². The minimum Gasteiger partial charge on any atom is -0.238 e. The van der Waals surface area contributed by atoms with Crippen molar-refractivity contribution in [3.05, 3.63) is 47.3 Å². The lowest BCUT2D eigenvalue weighted by Gasteiger charge is -2.06. The minimum absolute atomic E-state index is 0.992. The maximum atomic E-state index is 4.63. The van der Waals surface area contributed by atoms with Crippen molar-refractivity contribution in [3.63, 3.8) is 0 Å². The lowest BCUT2D eigenvalue weighted by molar-refractivity contribution is 0.793. The molecule has 0 saturated carbocycles. The molecule has 1 heterocycles. The van der Waals surface area contributed by atoms with Gasteiger partial charge in [0.15, 0.2) is 0 Å². The van der Waals surface area contributed by atoms with Gasteiger partial charge in [-0.05, 0) is 43.5 Å². The van der Waals surface area contributed by atoms with Crippen molar-refractivity contribution >= 4 is 0 Å². The highest BCUT2D eigenvalue weighted by Crippen LogP contribution is 2.15. The van der Waals surface area contributed by atoms with E-state index in [2.05, 4.69) is 60.9 Å². The molecule has 1 aromatic carbocycles. The second-order valence-corrected chi connectivity index (χ2v) is 4.08. The van der Waals surface area contributed by atoms with Crippen molar-refractivity contribution in [2.45, 2.75) is 33.6 Å². The SMILES string of the molecule is CCc1cc(CC)n(-c2cccc(C)c2)n1. The Morgan fingerprint density at radius 2 is 1.94 bits per heavy atom. The first-order chi connectivity index (χ1) is 7.74. The first kappa shape index (κ1) is 10.9. The van der Waals surface area contributed by atoms with E-state index >= 15 is 0 Å². The summed E-state index contributed by atoms with van der Waals surface area (Å²) in [4.78, 5) is 0. The zero-order chi connectivity index (χ0) is 11.5. The van der Waals surface area contributed by atoms with E-state index in [1.54, 1.807) is 0 Å². The average Bonchev–Trinajstić information content (AvgIpc) is 2.72. The van der Waals surface area contributed by atoms with E-state index in [9.17, 15) is 0 Å². The number of hydrogen-bond donors (Lipinski definition) is 0. The van der Waals surface area contributed by atoms with Crippen molar-refractivity contribution in [1.82, 2.24) is 9.78 Å². The summed E-state index contributed by atoms with van der Waals surface area (Å²) in [7, 11) is 0. The summed E-state index contributed by atoms with van der Waals surface area (Å²) in [6.07, 6.45) is 2.01. The van der Waals surface area contributed by atoms with Crippen LogP contribution in [-0.4, -0.2) is 9.78 Å². The maximum absolute atomic E-state index is 4.63. The second kappa shape index (κ2) is 4.52. The van der Waals surface area contributed by atoms with Gasteiger partial charge in [0.1, 0.15) is 0 Å². The van der Waals surface area contributed by atoms with Crippen LogP contribution in [0.2, 0.25) is 0 Å². The largest absolute Gasteiger partial charge is 0.238 e. The van der Waals surface area contributed by atoms with E-state index in [1.165, 1.54) is 17.0 Å². The summed E-state index contributed by atoms with van der Waals surface area (Å²) in [6.45, 7) is 6.42. The van der Waals surface area contributed by atoms with E-state index in [1.807, 2.05) is 0 Å². The van der Waals surface area contributed by atoms with Crippen LogP contribution in [0.1, 0.15) is 30.8 Å². The normalized spacial score (nSPS) is 10.7. The molecule has 0 bridgehead atoms. The summed E-state index contributed by atoms with van der Waals surface area (Å²) >= 11 is 0. The van der Waals surface area contributed by atoms with Crippen LogP contribution in [0.4, 0.5) is 0 Å². The Balaban J connectivity index is 2.50. The Morgan fingerprint density at radius 1 is 1.12 bits per heavy atom. The molecule has 0 fully saturated rings. The number of nitrogens with zero attached hydrogens (tertiary/aromatic N) is 2. The highest BCUT2D eigenvalue weighted by Gasteiger charge is 2.06. The Morgan fingerprint density at radius 3 is 2.56 bits per heavy atom. The summed E-state index contributed by atoms with van der Waals surface area (Å²) in [5.41, 5.74) is 4.88. The van der Waals surface area contributed by atoms with Crippen LogP contribution in [0.15, 0.2) is 30.3 Å².